The molecule has 0 bridgehead atoms. The molecule has 0 aliphatic carbocycles. The van der Waals surface area contributed by atoms with Crippen molar-refractivity contribution in [3.05, 3.63) is 0 Å². The lowest BCUT2D eigenvalue weighted by molar-refractivity contribution is 0.0248. The second-order valence-electron chi connectivity index (χ2n) is 7.15. The van der Waals surface area contributed by atoms with Crippen molar-refractivity contribution in [1.82, 2.24) is 9.80 Å². The molecule has 0 radical (unpaired) electrons. The first-order valence-corrected chi connectivity index (χ1v) is 7.30. The zero-order valence-electron chi connectivity index (χ0n) is 13.6. The fraction of sp³-hybridized carbons (Fsp3) is 0.933. The van der Waals surface area contributed by atoms with E-state index < -0.39 is 5.60 Å². The maximum atomic E-state index is 12.0. The summed E-state index contributed by atoms with van der Waals surface area (Å²) in [5.41, 5.74) is -0.425. The van der Waals surface area contributed by atoms with E-state index in [1.807, 2.05) is 27.8 Å². The Labute approximate surface area is 118 Å². The Bertz CT molecular complexity index is 310. The molecule has 0 N–H and O–H groups in total. The lowest BCUT2D eigenvalue weighted by Crippen LogP contribution is -2.45. The van der Waals surface area contributed by atoms with Crippen molar-refractivity contribution in [1.29, 1.82) is 0 Å². The number of ether oxygens (including phenoxy) is 1. The third-order valence-electron chi connectivity index (χ3n) is 3.52. The summed E-state index contributed by atoms with van der Waals surface area (Å²) < 4.78 is 5.40. The van der Waals surface area contributed by atoms with Gasteiger partial charge in [0.15, 0.2) is 0 Å². The van der Waals surface area contributed by atoms with E-state index in [0.717, 1.165) is 19.5 Å². The second kappa shape index (κ2) is 6.12. The van der Waals surface area contributed by atoms with Crippen LogP contribution in [0.3, 0.4) is 0 Å². The van der Waals surface area contributed by atoms with Gasteiger partial charge in [-0.25, -0.2) is 4.79 Å². The standard InChI is InChI=1S/C15H30N2O2/c1-11(2)17-9-12(3)8-13(17)10-16(7)14(18)19-15(4,5)6/h11-13H,8-10H2,1-7H3/t12?,13-/m0/s1. The van der Waals surface area contributed by atoms with Crippen molar-refractivity contribution in [2.45, 2.75) is 65.6 Å². The molecule has 1 unspecified atom stereocenters. The minimum absolute atomic E-state index is 0.226. The molecule has 1 saturated heterocycles. The quantitative estimate of drug-likeness (QED) is 0.790. The van der Waals surface area contributed by atoms with Crippen LogP contribution in [0.4, 0.5) is 4.79 Å². The van der Waals surface area contributed by atoms with Gasteiger partial charge < -0.3 is 9.64 Å². The third-order valence-corrected chi connectivity index (χ3v) is 3.52. The summed E-state index contributed by atoms with van der Waals surface area (Å²) in [5.74, 6) is 0.708. The fourth-order valence-corrected chi connectivity index (χ4v) is 2.73. The van der Waals surface area contributed by atoms with Crippen LogP contribution >= 0.6 is 0 Å². The number of nitrogens with zero attached hydrogens (tertiary/aromatic N) is 2. The summed E-state index contributed by atoms with van der Waals surface area (Å²) in [5, 5.41) is 0. The summed E-state index contributed by atoms with van der Waals surface area (Å²) in [6.45, 7) is 14.3. The molecule has 1 fully saturated rings. The Hall–Kier alpha value is -0.770. The molecular formula is C15H30N2O2. The summed E-state index contributed by atoms with van der Waals surface area (Å²) in [6, 6.07) is 0.981. The van der Waals surface area contributed by atoms with Gasteiger partial charge in [0.05, 0.1) is 0 Å². The minimum atomic E-state index is -0.425. The van der Waals surface area contributed by atoms with Gasteiger partial charge in [0, 0.05) is 32.2 Å². The first-order valence-electron chi connectivity index (χ1n) is 7.30. The van der Waals surface area contributed by atoms with Crippen molar-refractivity contribution in [3.8, 4) is 0 Å². The third kappa shape index (κ3) is 5.01. The number of carbonyl (C=O) groups excluding carboxylic acids is 1. The van der Waals surface area contributed by atoms with Gasteiger partial charge in [-0.2, -0.15) is 0 Å². The molecular weight excluding hydrogens is 240 g/mol. The van der Waals surface area contributed by atoms with E-state index in [1.165, 1.54) is 0 Å². The van der Waals surface area contributed by atoms with Crippen LogP contribution in [0.15, 0.2) is 0 Å². The van der Waals surface area contributed by atoms with E-state index in [4.69, 9.17) is 4.74 Å². The Morgan fingerprint density at radius 1 is 1.42 bits per heavy atom. The molecule has 1 aliphatic rings. The van der Waals surface area contributed by atoms with Crippen LogP contribution in [0, 0.1) is 5.92 Å². The van der Waals surface area contributed by atoms with Crippen LogP contribution in [0.1, 0.15) is 48.0 Å². The lowest BCUT2D eigenvalue weighted by Gasteiger charge is -2.32. The second-order valence-corrected chi connectivity index (χ2v) is 7.15. The highest BCUT2D eigenvalue weighted by atomic mass is 16.6. The number of hydrogen-bond donors (Lipinski definition) is 0. The number of rotatable bonds is 3. The van der Waals surface area contributed by atoms with E-state index in [2.05, 4.69) is 25.7 Å². The maximum absolute atomic E-state index is 12.0. The molecule has 112 valence electrons. The molecule has 0 saturated carbocycles. The normalized spacial score (nSPS) is 24.8. The smallest absolute Gasteiger partial charge is 0.410 e. The number of carbonyl (C=O) groups is 1. The highest BCUT2D eigenvalue weighted by Gasteiger charge is 2.33. The van der Waals surface area contributed by atoms with Gasteiger partial charge in [0.2, 0.25) is 0 Å². The van der Waals surface area contributed by atoms with Crippen LogP contribution in [-0.2, 0) is 4.74 Å². The van der Waals surface area contributed by atoms with Crippen LogP contribution < -0.4 is 0 Å². The SMILES string of the molecule is CC1C[C@@H](CN(C)C(=O)OC(C)(C)C)N(C(C)C)C1. The number of hydrogen-bond acceptors (Lipinski definition) is 3. The summed E-state index contributed by atoms with van der Waals surface area (Å²) >= 11 is 0. The Morgan fingerprint density at radius 3 is 2.47 bits per heavy atom. The Kier molecular flexibility index (Phi) is 5.25. The monoisotopic (exact) mass is 270 g/mol. The first-order chi connectivity index (χ1) is 8.60. The topological polar surface area (TPSA) is 32.8 Å². The van der Waals surface area contributed by atoms with Crippen LogP contribution in [0.25, 0.3) is 0 Å². The van der Waals surface area contributed by atoms with Crippen LogP contribution in [0.2, 0.25) is 0 Å². The average molecular weight is 270 g/mol. The predicted molar refractivity (Wildman–Crippen MR) is 78.3 cm³/mol. The van der Waals surface area contributed by atoms with Crippen molar-refractivity contribution in [3.63, 3.8) is 0 Å². The van der Waals surface area contributed by atoms with Gasteiger partial charge in [-0.3, -0.25) is 4.90 Å². The maximum Gasteiger partial charge on any atom is 0.410 e. The average Bonchev–Trinajstić information content (AvgIpc) is 2.56. The van der Waals surface area contributed by atoms with Crippen LogP contribution in [0.5, 0.6) is 0 Å². The Balaban J connectivity index is 2.56. The highest BCUT2D eigenvalue weighted by Crippen LogP contribution is 2.25. The van der Waals surface area contributed by atoms with E-state index >= 15 is 0 Å². The molecule has 4 nitrogen and oxygen atoms in total. The number of amides is 1. The van der Waals surface area contributed by atoms with Crippen molar-refractivity contribution < 1.29 is 9.53 Å². The number of likely N-dealkylation sites (N-methyl/N-ethyl adjacent to an activating group) is 1. The minimum Gasteiger partial charge on any atom is -0.444 e. The van der Waals surface area contributed by atoms with Gasteiger partial charge in [-0.1, -0.05) is 6.92 Å². The summed E-state index contributed by atoms with van der Waals surface area (Å²) in [4.78, 5) is 16.2. The van der Waals surface area contributed by atoms with Crippen LogP contribution in [-0.4, -0.2) is 53.7 Å². The van der Waals surface area contributed by atoms with Gasteiger partial charge in [0.1, 0.15) is 5.60 Å². The van der Waals surface area contributed by atoms with Gasteiger partial charge in [0.25, 0.3) is 0 Å². The van der Waals surface area contributed by atoms with Crippen molar-refractivity contribution in [2.24, 2.45) is 5.92 Å². The molecule has 1 rings (SSSR count). The molecule has 2 atom stereocenters. The van der Waals surface area contributed by atoms with E-state index in [1.54, 1.807) is 4.90 Å². The zero-order chi connectivity index (χ0) is 14.8. The lowest BCUT2D eigenvalue weighted by atomic mass is 10.1. The molecule has 1 aliphatic heterocycles. The fourth-order valence-electron chi connectivity index (χ4n) is 2.73. The Morgan fingerprint density at radius 2 is 2.00 bits per heavy atom. The highest BCUT2D eigenvalue weighted by molar-refractivity contribution is 5.67. The molecule has 4 heteroatoms. The predicted octanol–water partition coefficient (Wildman–Crippen LogP) is 2.97. The van der Waals surface area contributed by atoms with Crippen molar-refractivity contribution in [2.75, 3.05) is 20.1 Å². The summed E-state index contributed by atoms with van der Waals surface area (Å²) in [6.07, 6.45) is 0.932. The molecule has 1 amide bonds. The molecule has 0 aromatic heterocycles. The van der Waals surface area contributed by atoms with E-state index in [9.17, 15) is 4.79 Å². The molecule has 0 aromatic rings. The van der Waals surface area contributed by atoms with E-state index in [0.29, 0.717) is 18.0 Å². The van der Waals surface area contributed by atoms with Gasteiger partial charge in [-0.05, 0) is 47.0 Å². The number of likely N-dealkylation sites (tertiary alicyclic amines) is 1. The largest absolute Gasteiger partial charge is 0.444 e. The zero-order valence-corrected chi connectivity index (χ0v) is 13.6. The first kappa shape index (κ1) is 16.3. The summed E-state index contributed by atoms with van der Waals surface area (Å²) in [7, 11) is 1.83. The molecule has 19 heavy (non-hydrogen) atoms. The molecule has 0 aromatic carbocycles. The van der Waals surface area contributed by atoms with Gasteiger partial charge in [-0.15, -0.1) is 0 Å². The molecule has 0 spiro atoms. The van der Waals surface area contributed by atoms with Gasteiger partial charge >= 0.3 is 6.09 Å². The molecule has 1 heterocycles. The van der Waals surface area contributed by atoms with Crippen molar-refractivity contribution >= 4 is 6.09 Å². The van der Waals surface area contributed by atoms with E-state index in [-0.39, 0.29) is 6.09 Å².